The van der Waals surface area contributed by atoms with Crippen LogP contribution >= 0.6 is 24.0 Å². The first-order valence-corrected chi connectivity index (χ1v) is 5.71. The molecule has 0 aromatic heterocycles. The molecule has 1 aliphatic carbocycles. The Morgan fingerprint density at radius 1 is 1.31 bits per heavy atom. The van der Waals surface area contributed by atoms with Gasteiger partial charge in [0.1, 0.15) is 5.82 Å². The lowest BCUT2D eigenvalue weighted by molar-refractivity contribution is 0.452. The van der Waals surface area contributed by atoms with Gasteiger partial charge in [0.05, 0.1) is 0 Å². The summed E-state index contributed by atoms with van der Waals surface area (Å²) in [5.74, 6) is -0.283. The van der Waals surface area contributed by atoms with Crippen LogP contribution in [-0.4, -0.2) is 6.54 Å². The maximum atomic E-state index is 12.9. The smallest absolute Gasteiger partial charge is 0.124 e. The third-order valence-electron chi connectivity index (χ3n) is 3.45. The Labute approximate surface area is 107 Å². The fraction of sp³-hybridized carbons (Fsp3) is 0.500. The molecular formula is C12H16Cl2FN. The topological polar surface area (TPSA) is 26.0 Å². The molecule has 0 bridgehead atoms. The van der Waals surface area contributed by atoms with E-state index in [1.54, 1.807) is 6.07 Å². The lowest BCUT2D eigenvalue weighted by Gasteiger charge is -2.28. The Morgan fingerprint density at radius 3 is 2.44 bits per heavy atom. The van der Waals surface area contributed by atoms with Crippen LogP contribution in [0.3, 0.4) is 0 Å². The Morgan fingerprint density at radius 2 is 1.94 bits per heavy atom. The summed E-state index contributed by atoms with van der Waals surface area (Å²) in [7, 11) is 0. The van der Waals surface area contributed by atoms with Gasteiger partial charge in [0.15, 0.2) is 0 Å². The van der Waals surface area contributed by atoms with E-state index in [0.29, 0.717) is 11.6 Å². The number of benzene rings is 1. The number of halogens is 3. The van der Waals surface area contributed by atoms with E-state index in [1.807, 2.05) is 0 Å². The van der Waals surface area contributed by atoms with Crippen molar-refractivity contribution in [1.29, 1.82) is 0 Å². The molecule has 0 unspecified atom stereocenters. The largest absolute Gasteiger partial charge is 0.330 e. The van der Waals surface area contributed by atoms with E-state index in [-0.39, 0.29) is 23.6 Å². The standard InChI is InChI=1S/C12H15ClFN.ClH/c13-11-7-9(14)3-4-10(11)12(8-15)5-1-2-6-12;/h3-4,7H,1-2,5-6,8,15H2;1H. The van der Waals surface area contributed by atoms with Gasteiger partial charge in [0, 0.05) is 17.0 Å². The molecule has 0 radical (unpaired) electrons. The Bertz CT molecular complexity index is 362. The summed E-state index contributed by atoms with van der Waals surface area (Å²) in [6.07, 6.45) is 4.50. The quantitative estimate of drug-likeness (QED) is 0.866. The number of rotatable bonds is 2. The predicted octanol–water partition coefficient (Wildman–Crippen LogP) is 3.67. The molecule has 2 N–H and O–H groups in total. The highest BCUT2D eigenvalue weighted by Gasteiger charge is 2.35. The summed E-state index contributed by atoms with van der Waals surface area (Å²) in [5, 5.41) is 0.516. The van der Waals surface area contributed by atoms with Crippen LogP contribution in [-0.2, 0) is 5.41 Å². The normalized spacial score (nSPS) is 18.2. The van der Waals surface area contributed by atoms with Crippen molar-refractivity contribution >= 4 is 24.0 Å². The molecule has 1 saturated carbocycles. The van der Waals surface area contributed by atoms with E-state index >= 15 is 0 Å². The van der Waals surface area contributed by atoms with Gasteiger partial charge in [0.25, 0.3) is 0 Å². The Balaban J connectivity index is 0.00000128. The zero-order valence-corrected chi connectivity index (χ0v) is 10.6. The molecule has 1 aliphatic rings. The van der Waals surface area contributed by atoms with Crippen molar-refractivity contribution in [2.24, 2.45) is 5.73 Å². The molecule has 1 fully saturated rings. The van der Waals surface area contributed by atoms with E-state index in [4.69, 9.17) is 17.3 Å². The lowest BCUT2D eigenvalue weighted by atomic mass is 9.79. The Kier molecular flexibility index (Phi) is 4.60. The molecule has 0 saturated heterocycles. The van der Waals surface area contributed by atoms with Gasteiger partial charge in [-0.2, -0.15) is 0 Å². The summed E-state index contributed by atoms with van der Waals surface area (Å²) < 4.78 is 12.9. The van der Waals surface area contributed by atoms with Gasteiger partial charge < -0.3 is 5.73 Å². The molecule has 0 aliphatic heterocycles. The van der Waals surface area contributed by atoms with Crippen LogP contribution in [0.5, 0.6) is 0 Å². The molecular weight excluding hydrogens is 248 g/mol. The van der Waals surface area contributed by atoms with Crippen molar-refractivity contribution in [3.8, 4) is 0 Å². The van der Waals surface area contributed by atoms with Crippen LogP contribution in [0.25, 0.3) is 0 Å². The second-order valence-electron chi connectivity index (χ2n) is 4.32. The minimum absolute atomic E-state index is 0. The van der Waals surface area contributed by atoms with Crippen LogP contribution in [0.15, 0.2) is 18.2 Å². The first-order chi connectivity index (χ1) is 7.18. The third kappa shape index (κ3) is 2.34. The van der Waals surface area contributed by atoms with Crippen molar-refractivity contribution in [3.05, 3.63) is 34.6 Å². The highest BCUT2D eigenvalue weighted by Crippen LogP contribution is 2.43. The molecule has 0 atom stereocenters. The van der Waals surface area contributed by atoms with Gasteiger partial charge in [-0.15, -0.1) is 12.4 Å². The van der Waals surface area contributed by atoms with Gasteiger partial charge in [-0.05, 0) is 30.5 Å². The highest BCUT2D eigenvalue weighted by atomic mass is 35.5. The fourth-order valence-electron chi connectivity index (χ4n) is 2.55. The average molecular weight is 264 g/mol. The van der Waals surface area contributed by atoms with Crippen molar-refractivity contribution in [3.63, 3.8) is 0 Å². The van der Waals surface area contributed by atoms with E-state index in [2.05, 4.69) is 0 Å². The highest BCUT2D eigenvalue weighted by molar-refractivity contribution is 6.31. The fourth-order valence-corrected chi connectivity index (χ4v) is 2.92. The summed E-state index contributed by atoms with van der Waals surface area (Å²) in [6.45, 7) is 0.596. The van der Waals surface area contributed by atoms with Gasteiger partial charge in [-0.1, -0.05) is 30.5 Å². The molecule has 0 heterocycles. The van der Waals surface area contributed by atoms with Crippen LogP contribution in [0.2, 0.25) is 5.02 Å². The average Bonchev–Trinajstić information content (AvgIpc) is 2.67. The monoisotopic (exact) mass is 263 g/mol. The van der Waals surface area contributed by atoms with E-state index in [1.165, 1.54) is 25.0 Å². The molecule has 1 aromatic rings. The molecule has 0 amide bonds. The lowest BCUT2D eigenvalue weighted by Crippen LogP contribution is -2.32. The number of hydrogen-bond acceptors (Lipinski definition) is 1. The summed E-state index contributed by atoms with van der Waals surface area (Å²) >= 11 is 6.08. The molecule has 0 spiro atoms. The summed E-state index contributed by atoms with van der Waals surface area (Å²) in [5.41, 5.74) is 6.87. The molecule has 1 nitrogen and oxygen atoms in total. The molecule has 16 heavy (non-hydrogen) atoms. The first kappa shape index (κ1) is 13.8. The molecule has 4 heteroatoms. The van der Waals surface area contributed by atoms with Gasteiger partial charge >= 0.3 is 0 Å². The minimum atomic E-state index is -0.283. The second kappa shape index (κ2) is 5.35. The first-order valence-electron chi connectivity index (χ1n) is 5.33. The summed E-state index contributed by atoms with van der Waals surface area (Å²) in [6, 6.07) is 4.64. The maximum Gasteiger partial charge on any atom is 0.124 e. The number of hydrogen-bond donors (Lipinski definition) is 1. The zero-order valence-electron chi connectivity index (χ0n) is 9.01. The second-order valence-corrected chi connectivity index (χ2v) is 4.72. The van der Waals surface area contributed by atoms with E-state index in [9.17, 15) is 4.39 Å². The van der Waals surface area contributed by atoms with Crippen molar-refractivity contribution in [1.82, 2.24) is 0 Å². The van der Waals surface area contributed by atoms with Gasteiger partial charge in [0.2, 0.25) is 0 Å². The Hall–Kier alpha value is -0.310. The van der Waals surface area contributed by atoms with Crippen LogP contribution in [0, 0.1) is 5.82 Å². The van der Waals surface area contributed by atoms with Gasteiger partial charge in [-0.3, -0.25) is 0 Å². The maximum absolute atomic E-state index is 12.9. The molecule has 1 aromatic carbocycles. The predicted molar refractivity (Wildman–Crippen MR) is 67.9 cm³/mol. The molecule has 90 valence electrons. The van der Waals surface area contributed by atoms with Crippen LogP contribution in [0.1, 0.15) is 31.2 Å². The molecule has 2 rings (SSSR count). The number of nitrogens with two attached hydrogens (primary N) is 1. The van der Waals surface area contributed by atoms with Crippen LogP contribution in [0.4, 0.5) is 4.39 Å². The van der Waals surface area contributed by atoms with E-state index in [0.717, 1.165) is 18.4 Å². The zero-order chi connectivity index (χ0) is 10.9. The van der Waals surface area contributed by atoms with Crippen molar-refractivity contribution in [2.45, 2.75) is 31.1 Å². The van der Waals surface area contributed by atoms with E-state index < -0.39 is 0 Å². The van der Waals surface area contributed by atoms with Crippen molar-refractivity contribution in [2.75, 3.05) is 6.54 Å². The third-order valence-corrected chi connectivity index (χ3v) is 3.77. The van der Waals surface area contributed by atoms with Crippen molar-refractivity contribution < 1.29 is 4.39 Å². The summed E-state index contributed by atoms with van der Waals surface area (Å²) in [4.78, 5) is 0. The van der Waals surface area contributed by atoms with Crippen LogP contribution < -0.4 is 5.73 Å². The SMILES string of the molecule is Cl.NCC1(c2ccc(F)cc2Cl)CCCC1. The minimum Gasteiger partial charge on any atom is -0.330 e. The van der Waals surface area contributed by atoms with Gasteiger partial charge in [-0.25, -0.2) is 4.39 Å².